The first-order chi connectivity index (χ1) is 12.0. The van der Waals surface area contributed by atoms with Gasteiger partial charge in [0.05, 0.1) is 21.3 Å². The van der Waals surface area contributed by atoms with Gasteiger partial charge in [0.25, 0.3) is 0 Å². The van der Waals surface area contributed by atoms with Crippen LogP contribution in [0.1, 0.15) is 11.5 Å². The number of carbonyl (C=O) groups is 2. The van der Waals surface area contributed by atoms with Crippen molar-refractivity contribution < 1.29 is 23.8 Å². The number of hydrogen-bond acceptors (Lipinski definition) is 5. The standard InChI is InChI=1S/C19H21NO5/c1-20(14-8-6-5-7-9-14)18(21)17(19(22)25-4)13-10-11-15(23-2)16(12-13)24-3/h5-12,17H,1-4H3/t17-/m0/s1. The zero-order valence-electron chi connectivity index (χ0n) is 14.7. The Labute approximate surface area is 146 Å². The fourth-order valence-electron chi connectivity index (χ4n) is 2.50. The van der Waals surface area contributed by atoms with E-state index in [9.17, 15) is 9.59 Å². The van der Waals surface area contributed by atoms with Crippen molar-refractivity contribution in [1.29, 1.82) is 0 Å². The molecule has 0 aliphatic heterocycles. The van der Waals surface area contributed by atoms with Crippen LogP contribution in [0.15, 0.2) is 48.5 Å². The lowest BCUT2D eigenvalue weighted by Crippen LogP contribution is -2.36. The number of likely N-dealkylation sites (N-methyl/N-ethyl adjacent to an activating group) is 1. The molecule has 2 rings (SSSR count). The van der Waals surface area contributed by atoms with Gasteiger partial charge in [-0.1, -0.05) is 24.3 Å². The van der Waals surface area contributed by atoms with Crippen molar-refractivity contribution in [2.75, 3.05) is 33.3 Å². The second-order valence-corrected chi connectivity index (χ2v) is 5.30. The minimum Gasteiger partial charge on any atom is -0.493 e. The highest BCUT2D eigenvalue weighted by Crippen LogP contribution is 2.32. The van der Waals surface area contributed by atoms with Crippen LogP contribution in [0.3, 0.4) is 0 Å². The van der Waals surface area contributed by atoms with E-state index in [1.165, 1.54) is 26.2 Å². The number of hydrogen-bond donors (Lipinski definition) is 0. The van der Waals surface area contributed by atoms with E-state index in [-0.39, 0.29) is 0 Å². The van der Waals surface area contributed by atoms with Crippen LogP contribution in [0.2, 0.25) is 0 Å². The molecule has 0 saturated carbocycles. The quantitative estimate of drug-likeness (QED) is 0.596. The van der Waals surface area contributed by atoms with Crippen LogP contribution < -0.4 is 14.4 Å². The number of methoxy groups -OCH3 is 3. The summed E-state index contributed by atoms with van der Waals surface area (Å²) >= 11 is 0. The Morgan fingerprint density at radius 1 is 0.920 bits per heavy atom. The maximum Gasteiger partial charge on any atom is 0.322 e. The highest BCUT2D eigenvalue weighted by atomic mass is 16.5. The van der Waals surface area contributed by atoms with Gasteiger partial charge in [0.2, 0.25) is 5.91 Å². The number of amides is 1. The molecule has 0 heterocycles. The van der Waals surface area contributed by atoms with Gasteiger partial charge in [0.15, 0.2) is 17.4 Å². The Bertz CT molecular complexity index is 745. The molecule has 2 aromatic rings. The molecule has 0 aromatic heterocycles. The molecule has 0 saturated heterocycles. The Hall–Kier alpha value is -3.02. The number of anilines is 1. The van der Waals surface area contributed by atoms with Gasteiger partial charge in [-0.05, 0) is 29.8 Å². The van der Waals surface area contributed by atoms with Crippen LogP contribution in [0.4, 0.5) is 5.69 Å². The second kappa shape index (κ2) is 8.19. The number of esters is 1. The highest BCUT2D eigenvalue weighted by molar-refractivity contribution is 6.10. The molecule has 1 atom stereocenters. The summed E-state index contributed by atoms with van der Waals surface area (Å²) in [6.45, 7) is 0. The number of carbonyl (C=O) groups excluding carboxylic acids is 2. The molecular weight excluding hydrogens is 322 g/mol. The van der Waals surface area contributed by atoms with Gasteiger partial charge < -0.3 is 19.1 Å². The first-order valence-corrected chi connectivity index (χ1v) is 7.65. The largest absolute Gasteiger partial charge is 0.493 e. The zero-order valence-corrected chi connectivity index (χ0v) is 14.7. The Kier molecular flexibility index (Phi) is 6.00. The number of nitrogens with zero attached hydrogens (tertiary/aromatic N) is 1. The SMILES string of the molecule is COC(=O)[C@H](C(=O)N(C)c1ccccc1)c1ccc(OC)c(OC)c1. The molecule has 132 valence electrons. The Morgan fingerprint density at radius 2 is 1.56 bits per heavy atom. The third kappa shape index (κ3) is 3.91. The number of rotatable bonds is 6. The molecule has 6 heteroatoms. The molecular formula is C19H21NO5. The van der Waals surface area contributed by atoms with Crippen molar-refractivity contribution in [1.82, 2.24) is 0 Å². The zero-order chi connectivity index (χ0) is 18.4. The average Bonchev–Trinajstić information content (AvgIpc) is 2.67. The molecule has 0 unspecified atom stereocenters. The smallest absolute Gasteiger partial charge is 0.322 e. The van der Waals surface area contributed by atoms with Crippen molar-refractivity contribution in [3.63, 3.8) is 0 Å². The lowest BCUT2D eigenvalue weighted by atomic mass is 9.97. The van der Waals surface area contributed by atoms with Crippen LogP contribution in [0.5, 0.6) is 11.5 Å². The first-order valence-electron chi connectivity index (χ1n) is 7.65. The summed E-state index contributed by atoms with van der Waals surface area (Å²) in [7, 11) is 5.89. The van der Waals surface area contributed by atoms with Gasteiger partial charge in [-0.3, -0.25) is 9.59 Å². The average molecular weight is 343 g/mol. The van der Waals surface area contributed by atoms with E-state index in [4.69, 9.17) is 14.2 Å². The van der Waals surface area contributed by atoms with Crippen LogP contribution in [-0.2, 0) is 14.3 Å². The van der Waals surface area contributed by atoms with E-state index in [0.29, 0.717) is 22.7 Å². The lowest BCUT2D eigenvalue weighted by Gasteiger charge is -2.23. The summed E-state index contributed by atoms with van der Waals surface area (Å²) in [5.41, 5.74) is 1.15. The predicted molar refractivity (Wildman–Crippen MR) is 94.2 cm³/mol. The van der Waals surface area contributed by atoms with Crippen molar-refractivity contribution in [2.45, 2.75) is 5.92 Å². The van der Waals surface area contributed by atoms with E-state index < -0.39 is 17.8 Å². The van der Waals surface area contributed by atoms with Gasteiger partial charge in [0.1, 0.15) is 0 Å². The molecule has 0 radical (unpaired) electrons. The lowest BCUT2D eigenvalue weighted by molar-refractivity contribution is -0.145. The molecule has 1 amide bonds. The molecule has 25 heavy (non-hydrogen) atoms. The number of para-hydroxylation sites is 1. The summed E-state index contributed by atoms with van der Waals surface area (Å²) in [5, 5.41) is 0. The third-order valence-electron chi connectivity index (χ3n) is 3.90. The topological polar surface area (TPSA) is 65.1 Å². The van der Waals surface area contributed by atoms with E-state index in [0.717, 1.165) is 0 Å². The van der Waals surface area contributed by atoms with E-state index in [1.807, 2.05) is 18.2 Å². The van der Waals surface area contributed by atoms with Gasteiger partial charge >= 0.3 is 5.97 Å². The van der Waals surface area contributed by atoms with E-state index in [2.05, 4.69) is 0 Å². The van der Waals surface area contributed by atoms with Crippen LogP contribution in [0, 0.1) is 0 Å². The van der Waals surface area contributed by atoms with Gasteiger partial charge in [-0.15, -0.1) is 0 Å². The molecule has 6 nitrogen and oxygen atoms in total. The van der Waals surface area contributed by atoms with Crippen LogP contribution in [-0.4, -0.2) is 40.3 Å². The molecule has 0 aliphatic carbocycles. The Balaban J connectivity index is 2.43. The predicted octanol–water partition coefficient (Wildman–Crippen LogP) is 2.62. The van der Waals surface area contributed by atoms with Crippen molar-refractivity contribution in [3.8, 4) is 11.5 Å². The third-order valence-corrected chi connectivity index (χ3v) is 3.90. The Morgan fingerprint density at radius 3 is 2.12 bits per heavy atom. The van der Waals surface area contributed by atoms with Gasteiger partial charge in [0, 0.05) is 12.7 Å². The van der Waals surface area contributed by atoms with Crippen molar-refractivity contribution >= 4 is 17.6 Å². The van der Waals surface area contributed by atoms with E-state index >= 15 is 0 Å². The van der Waals surface area contributed by atoms with Gasteiger partial charge in [-0.2, -0.15) is 0 Å². The minimum atomic E-state index is -1.10. The second-order valence-electron chi connectivity index (χ2n) is 5.30. The number of ether oxygens (including phenoxy) is 3. The van der Waals surface area contributed by atoms with Gasteiger partial charge in [-0.25, -0.2) is 0 Å². The molecule has 0 fully saturated rings. The summed E-state index contributed by atoms with van der Waals surface area (Å²) in [5.74, 6) is -1.19. The normalized spacial score (nSPS) is 11.4. The molecule has 2 aromatic carbocycles. The van der Waals surface area contributed by atoms with Crippen molar-refractivity contribution in [2.24, 2.45) is 0 Å². The minimum absolute atomic E-state index is 0.398. The summed E-state index contributed by atoms with van der Waals surface area (Å²) < 4.78 is 15.3. The fourth-order valence-corrected chi connectivity index (χ4v) is 2.50. The van der Waals surface area contributed by atoms with Crippen LogP contribution in [0.25, 0.3) is 0 Å². The summed E-state index contributed by atoms with van der Waals surface area (Å²) in [4.78, 5) is 26.7. The summed E-state index contributed by atoms with van der Waals surface area (Å²) in [6.07, 6.45) is 0. The highest BCUT2D eigenvalue weighted by Gasteiger charge is 2.33. The maximum atomic E-state index is 13.0. The van der Waals surface area contributed by atoms with Crippen LogP contribution >= 0.6 is 0 Å². The monoisotopic (exact) mass is 343 g/mol. The van der Waals surface area contributed by atoms with E-state index in [1.54, 1.807) is 37.4 Å². The molecule has 0 spiro atoms. The molecule has 0 bridgehead atoms. The maximum absolute atomic E-state index is 13.0. The fraction of sp³-hybridized carbons (Fsp3) is 0.263. The van der Waals surface area contributed by atoms with Crippen molar-refractivity contribution in [3.05, 3.63) is 54.1 Å². The first kappa shape index (κ1) is 18.3. The number of benzene rings is 2. The summed E-state index contributed by atoms with van der Waals surface area (Å²) in [6, 6.07) is 14.0. The molecule has 0 aliphatic rings. The molecule has 0 N–H and O–H groups in total.